The van der Waals surface area contributed by atoms with Gasteiger partial charge in [0.1, 0.15) is 0 Å². The lowest BCUT2D eigenvalue weighted by Crippen LogP contribution is -2.24. The van der Waals surface area contributed by atoms with Crippen LogP contribution >= 0.6 is 14.0 Å². The topological polar surface area (TPSA) is 0 Å². The van der Waals surface area contributed by atoms with Gasteiger partial charge >= 0.3 is 0 Å². The third kappa shape index (κ3) is 4.18. The maximum Gasteiger partial charge on any atom is -0.00745 e. The van der Waals surface area contributed by atoms with Gasteiger partial charge in [-0.1, -0.05) is 110 Å². The van der Waals surface area contributed by atoms with E-state index in [0.29, 0.717) is 11.3 Å². The molecule has 0 saturated carbocycles. The van der Waals surface area contributed by atoms with Gasteiger partial charge in [-0.25, -0.2) is 0 Å². The lowest BCUT2D eigenvalue weighted by molar-refractivity contribution is 0.705. The maximum absolute atomic E-state index is 6.41. The van der Waals surface area contributed by atoms with Crippen molar-refractivity contribution in [3.05, 3.63) is 91.0 Å². The largest absolute Gasteiger partial charge is 0.0923 e. The molecule has 1 unspecified atom stereocenters. The van der Waals surface area contributed by atoms with E-state index in [-0.39, 0.29) is 7.92 Å². The van der Waals surface area contributed by atoms with Gasteiger partial charge in [0.25, 0.3) is 0 Å². The minimum absolute atomic E-state index is 0.367. The molecule has 3 aromatic carbocycles. The molecule has 1 saturated heterocycles. The summed E-state index contributed by atoms with van der Waals surface area (Å²) in [6.07, 6.45) is 5.11. The van der Waals surface area contributed by atoms with E-state index in [1.54, 1.807) is 0 Å². The summed E-state index contributed by atoms with van der Waals surface area (Å²) in [6.45, 7) is 2.47. The van der Waals surface area contributed by atoms with Gasteiger partial charge in [-0.15, -0.1) is 0 Å². The van der Waals surface area contributed by atoms with Crippen molar-refractivity contribution in [1.29, 1.82) is 0 Å². The van der Waals surface area contributed by atoms with E-state index in [9.17, 15) is 0 Å². The highest BCUT2D eigenvalue weighted by Gasteiger charge is 2.37. The summed E-state index contributed by atoms with van der Waals surface area (Å²) in [6, 6.07) is 31.8. The average molecular weight is 423 g/mol. The Morgan fingerprint density at radius 1 is 0.857 bits per heavy atom. The zero-order valence-electron chi connectivity index (χ0n) is 16.4. The van der Waals surface area contributed by atoms with Crippen LogP contribution < -0.4 is 15.9 Å². The SMILES string of the molecule is C[C@H](C[C@H]1CCCP1(=S)c1ccccc1)P(c1ccccc1)c1ccccc1. The van der Waals surface area contributed by atoms with Crippen LogP contribution in [-0.4, -0.2) is 17.5 Å². The minimum Gasteiger partial charge on any atom is -0.0923 e. The van der Waals surface area contributed by atoms with Gasteiger partial charge in [0.15, 0.2) is 0 Å². The Kier molecular flexibility index (Phi) is 6.47. The smallest absolute Gasteiger partial charge is 0.00745 e. The van der Waals surface area contributed by atoms with Crippen LogP contribution in [0.5, 0.6) is 0 Å². The number of rotatable bonds is 6. The molecule has 0 spiro atoms. The fourth-order valence-corrected chi connectivity index (χ4v) is 12.5. The monoisotopic (exact) mass is 422 g/mol. The Bertz CT molecular complexity index is 885. The second kappa shape index (κ2) is 9.04. The third-order valence-electron chi connectivity index (χ3n) is 5.93. The summed E-state index contributed by atoms with van der Waals surface area (Å²) >= 11 is 6.41. The van der Waals surface area contributed by atoms with Gasteiger partial charge < -0.3 is 0 Å². The van der Waals surface area contributed by atoms with E-state index in [1.165, 1.54) is 41.3 Å². The van der Waals surface area contributed by atoms with Crippen molar-refractivity contribution in [2.45, 2.75) is 37.5 Å². The second-order valence-electron chi connectivity index (χ2n) is 7.78. The molecule has 0 amide bonds. The van der Waals surface area contributed by atoms with Crippen molar-refractivity contribution in [3.8, 4) is 0 Å². The van der Waals surface area contributed by atoms with E-state index in [1.807, 2.05) is 0 Å². The molecule has 0 N–H and O–H groups in total. The fourth-order valence-electron chi connectivity index (χ4n) is 4.60. The molecule has 144 valence electrons. The maximum atomic E-state index is 6.41. The van der Waals surface area contributed by atoms with Crippen molar-refractivity contribution in [3.63, 3.8) is 0 Å². The van der Waals surface area contributed by atoms with Crippen LogP contribution in [0.2, 0.25) is 0 Å². The number of benzene rings is 3. The van der Waals surface area contributed by atoms with Gasteiger partial charge in [-0.3, -0.25) is 0 Å². The summed E-state index contributed by atoms with van der Waals surface area (Å²) in [5, 5.41) is 4.44. The first-order valence-electron chi connectivity index (χ1n) is 10.2. The van der Waals surface area contributed by atoms with E-state index in [0.717, 1.165) is 0 Å². The molecular weight excluding hydrogens is 394 g/mol. The highest BCUT2D eigenvalue weighted by molar-refractivity contribution is 8.18. The highest BCUT2D eigenvalue weighted by atomic mass is 32.4. The predicted octanol–water partition coefficient (Wildman–Crippen LogP) is 5.87. The quantitative estimate of drug-likeness (QED) is 0.448. The van der Waals surface area contributed by atoms with Crippen molar-refractivity contribution in [2.75, 3.05) is 6.16 Å². The summed E-state index contributed by atoms with van der Waals surface area (Å²) in [5.74, 6) is 0. The minimum atomic E-state index is -1.47. The van der Waals surface area contributed by atoms with Crippen molar-refractivity contribution in [2.24, 2.45) is 0 Å². The molecule has 1 heterocycles. The van der Waals surface area contributed by atoms with E-state index < -0.39 is 6.04 Å². The molecule has 4 rings (SSSR count). The highest BCUT2D eigenvalue weighted by Crippen LogP contribution is 2.60. The van der Waals surface area contributed by atoms with E-state index >= 15 is 0 Å². The first kappa shape index (κ1) is 20.0. The molecule has 0 bridgehead atoms. The van der Waals surface area contributed by atoms with Crippen LogP contribution in [0.3, 0.4) is 0 Å². The summed E-state index contributed by atoms with van der Waals surface area (Å²) in [4.78, 5) is 0. The lowest BCUT2D eigenvalue weighted by Gasteiger charge is -2.32. The van der Waals surface area contributed by atoms with Crippen LogP contribution in [0.15, 0.2) is 91.0 Å². The molecule has 3 atom stereocenters. The van der Waals surface area contributed by atoms with Gasteiger partial charge in [0.05, 0.1) is 0 Å². The van der Waals surface area contributed by atoms with Crippen LogP contribution in [0.25, 0.3) is 0 Å². The third-order valence-corrected chi connectivity index (χ3v) is 14.6. The lowest BCUT2D eigenvalue weighted by atomic mass is 10.2. The Labute approximate surface area is 176 Å². The van der Waals surface area contributed by atoms with Crippen LogP contribution in [0.1, 0.15) is 26.2 Å². The second-order valence-corrected chi connectivity index (χ2v) is 15.7. The van der Waals surface area contributed by atoms with Gasteiger partial charge in [0, 0.05) is 0 Å². The summed E-state index contributed by atoms with van der Waals surface area (Å²) in [7, 11) is -0.367. The fraction of sp³-hybridized carbons (Fsp3) is 0.280. The van der Waals surface area contributed by atoms with Gasteiger partial charge in [0.2, 0.25) is 0 Å². The van der Waals surface area contributed by atoms with Crippen molar-refractivity contribution in [1.82, 2.24) is 0 Å². The zero-order valence-corrected chi connectivity index (χ0v) is 19.1. The van der Waals surface area contributed by atoms with Crippen LogP contribution in [-0.2, 0) is 11.8 Å². The van der Waals surface area contributed by atoms with Crippen molar-refractivity contribution < 1.29 is 0 Å². The summed E-state index contributed by atoms with van der Waals surface area (Å²) in [5.41, 5.74) is 1.33. The molecule has 3 heteroatoms. The first-order chi connectivity index (χ1) is 13.7. The molecule has 1 aliphatic rings. The van der Waals surface area contributed by atoms with Crippen LogP contribution in [0.4, 0.5) is 0 Å². The molecule has 1 aliphatic heterocycles. The molecular formula is C25H28P2S. The molecule has 0 nitrogen and oxygen atoms in total. The standard InChI is InChI=1S/C25H28P2S/c1-21(20-25-18-11-19-27(25,28)24-16-9-4-10-17-24)26(22-12-5-2-6-13-22)23-14-7-3-8-15-23/h2-10,12-17,21,25H,11,18-20H2,1H3/t21-,25-,27?/m1/s1. The Balaban J connectivity index is 1.63. The molecule has 0 aliphatic carbocycles. The van der Waals surface area contributed by atoms with Crippen LogP contribution in [0, 0.1) is 0 Å². The zero-order chi connectivity index (χ0) is 19.4. The van der Waals surface area contributed by atoms with E-state index in [4.69, 9.17) is 11.8 Å². The Hall–Kier alpha value is -1.26. The van der Waals surface area contributed by atoms with E-state index in [2.05, 4.69) is 97.9 Å². The molecule has 0 radical (unpaired) electrons. The summed E-state index contributed by atoms with van der Waals surface area (Å²) < 4.78 is 0. The molecule has 3 aromatic rings. The molecule has 0 aromatic heterocycles. The van der Waals surface area contributed by atoms with Gasteiger partial charge in [-0.05, 0) is 66.6 Å². The first-order valence-corrected chi connectivity index (χ1v) is 14.7. The average Bonchev–Trinajstić information content (AvgIpc) is 3.12. The Morgan fingerprint density at radius 3 is 1.89 bits per heavy atom. The Morgan fingerprint density at radius 2 is 1.36 bits per heavy atom. The normalized spacial score (nSPS) is 23.0. The van der Waals surface area contributed by atoms with Crippen molar-refractivity contribution >= 4 is 41.7 Å². The number of hydrogen-bond donors (Lipinski definition) is 0. The molecule has 1 fully saturated rings. The molecule has 28 heavy (non-hydrogen) atoms. The van der Waals surface area contributed by atoms with Gasteiger partial charge in [-0.2, -0.15) is 0 Å². The number of hydrogen-bond acceptors (Lipinski definition) is 1. The predicted molar refractivity (Wildman–Crippen MR) is 131 cm³/mol.